The lowest BCUT2D eigenvalue weighted by atomic mass is 10.0. The van der Waals surface area contributed by atoms with E-state index in [1.54, 1.807) is 0 Å². The molecule has 98 valence electrons. The zero-order chi connectivity index (χ0) is 13.0. The maximum absolute atomic E-state index is 11.9. The van der Waals surface area contributed by atoms with E-state index in [0.29, 0.717) is 13.2 Å². The van der Waals surface area contributed by atoms with Crippen molar-refractivity contribution in [3.8, 4) is 0 Å². The minimum Gasteiger partial charge on any atom is -0.460 e. The summed E-state index contributed by atoms with van der Waals surface area (Å²) in [6, 6.07) is 7.76. The summed E-state index contributed by atoms with van der Waals surface area (Å²) >= 11 is 3.43. The number of hydrogen-bond donors (Lipinski definition) is 1. The number of carbonyl (C=O) groups excluding carboxylic acids is 1. The van der Waals surface area contributed by atoms with Gasteiger partial charge in [0.05, 0.1) is 19.1 Å². The minimum absolute atomic E-state index is 0.0525. The predicted molar refractivity (Wildman–Crippen MR) is 71.1 cm³/mol. The van der Waals surface area contributed by atoms with Crippen LogP contribution >= 0.6 is 15.9 Å². The normalized spacial score (nSPS) is 23.0. The van der Waals surface area contributed by atoms with Gasteiger partial charge in [0.25, 0.3) is 0 Å². The van der Waals surface area contributed by atoms with Gasteiger partial charge in [0.15, 0.2) is 0 Å². The second-order valence-electron chi connectivity index (χ2n) is 4.24. The summed E-state index contributed by atoms with van der Waals surface area (Å²) in [7, 11) is 1.83. The number of ether oxygens (including phenoxy) is 2. The number of rotatable bonds is 4. The smallest absolute Gasteiger partial charge is 0.313 e. The van der Waals surface area contributed by atoms with Gasteiger partial charge in [-0.15, -0.1) is 0 Å². The summed E-state index contributed by atoms with van der Waals surface area (Å²) in [5, 5.41) is 3.07. The summed E-state index contributed by atoms with van der Waals surface area (Å²) in [4.78, 5) is 11.9. The van der Waals surface area contributed by atoms with E-state index in [0.717, 1.165) is 10.0 Å². The van der Waals surface area contributed by atoms with Gasteiger partial charge in [0.1, 0.15) is 6.61 Å². The van der Waals surface area contributed by atoms with Gasteiger partial charge in [-0.1, -0.05) is 34.1 Å². The number of hydrogen-bond acceptors (Lipinski definition) is 4. The summed E-state index contributed by atoms with van der Waals surface area (Å²) in [6.45, 7) is 1.28. The highest BCUT2D eigenvalue weighted by molar-refractivity contribution is 9.10. The molecule has 1 aromatic carbocycles. The Balaban J connectivity index is 1.90. The molecule has 0 radical (unpaired) electrons. The van der Waals surface area contributed by atoms with Gasteiger partial charge >= 0.3 is 5.97 Å². The average molecular weight is 314 g/mol. The quantitative estimate of drug-likeness (QED) is 0.860. The number of likely N-dealkylation sites (N-methyl/N-ethyl adjacent to an activating group) is 1. The summed E-state index contributed by atoms with van der Waals surface area (Å²) < 4.78 is 11.6. The number of carbonyl (C=O) groups is 1. The molecule has 18 heavy (non-hydrogen) atoms. The molecular weight excluding hydrogens is 298 g/mol. The van der Waals surface area contributed by atoms with Crippen molar-refractivity contribution in [3.63, 3.8) is 0 Å². The van der Waals surface area contributed by atoms with Crippen LogP contribution in [0.1, 0.15) is 5.56 Å². The fourth-order valence-corrected chi connectivity index (χ4v) is 2.34. The monoisotopic (exact) mass is 313 g/mol. The summed E-state index contributed by atoms with van der Waals surface area (Å²) in [5.74, 6) is -0.417. The average Bonchev–Trinajstić information content (AvgIpc) is 2.86. The molecule has 2 rings (SSSR count). The van der Waals surface area contributed by atoms with Crippen molar-refractivity contribution in [2.24, 2.45) is 5.92 Å². The maximum atomic E-state index is 11.9. The minimum atomic E-state index is -0.211. The van der Waals surface area contributed by atoms with E-state index in [4.69, 9.17) is 9.47 Å². The first-order valence-electron chi connectivity index (χ1n) is 5.87. The van der Waals surface area contributed by atoms with Gasteiger partial charge in [-0.25, -0.2) is 0 Å². The first-order chi connectivity index (χ1) is 8.72. The van der Waals surface area contributed by atoms with Crippen LogP contribution in [0.2, 0.25) is 0 Å². The largest absolute Gasteiger partial charge is 0.460 e. The van der Waals surface area contributed by atoms with Crippen LogP contribution in [0.15, 0.2) is 28.7 Å². The Hall–Kier alpha value is -0.910. The highest BCUT2D eigenvalue weighted by Crippen LogP contribution is 2.19. The molecule has 0 saturated carbocycles. The van der Waals surface area contributed by atoms with Crippen molar-refractivity contribution in [1.82, 2.24) is 5.32 Å². The number of benzene rings is 1. The summed E-state index contributed by atoms with van der Waals surface area (Å²) in [6.07, 6.45) is 0. The van der Waals surface area contributed by atoms with E-state index in [1.807, 2.05) is 31.3 Å². The molecule has 1 aliphatic rings. The second kappa shape index (κ2) is 6.31. The fourth-order valence-electron chi connectivity index (χ4n) is 1.94. The SMILES string of the molecule is CNC1COCC1C(=O)OCc1ccccc1Br. The van der Waals surface area contributed by atoms with Crippen LogP contribution in [-0.4, -0.2) is 32.3 Å². The van der Waals surface area contributed by atoms with E-state index in [9.17, 15) is 4.79 Å². The molecule has 0 aromatic heterocycles. The van der Waals surface area contributed by atoms with Crippen LogP contribution in [0.3, 0.4) is 0 Å². The van der Waals surface area contributed by atoms with Crippen molar-refractivity contribution in [2.45, 2.75) is 12.6 Å². The molecule has 2 unspecified atom stereocenters. The van der Waals surface area contributed by atoms with Gasteiger partial charge in [-0.3, -0.25) is 4.79 Å². The third-order valence-electron chi connectivity index (χ3n) is 3.08. The van der Waals surface area contributed by atoms with Gasteiger partial charge in [0, 0.05) is 16.1 Å². The molecule has 1 heterocycles. The van der Waals surface area contributed by atoms with Crippen LogP contribution in [-0.2, 0) is 20.9 Å². The van der Waals surface area contributed by atoms with Gasteiger partial charge in [-0.05, 0) is 13.1 Å². The zero-order valence-electron chi connectivity index (χ0n) is 10.2. The molecule has 1 saturated heterocycles. The molecule has 0 aliphatic carbocycles. The lowest BCUT2D eigenvalue weighted by molar-refractivity contribution is -0.150. The second-order valence-corrected chi connectivity index (χ2v) is 5.09. The van der Waals surface area contributed by atoms with Crippen LogP contribution in [0, 0.1) is 5.92 Å². The van der Waals surface area contributed by atoms with E-state index in [2.05, 4.69) is 21.2 Å². The highest BCUT2D eigenvalue weighted by Gasteiger charge is 2.34. The molecule has 0 spiro atoms. The molecule has 5 heteroatoms. The molecule has 1 aromatic rings. The van der Waals surface area contributed by atoms with Crippen molar-refractivity contribution in [2.75, 3.05) is 20.3 Å². The van der Waals surface area contributed by atoms with E-state index in [-0.39, 0.29) is 24.5 Å². The summed E-state index contributed by atoms with van der Waals surface area (Å²) in [5.41, 5.74) is 0.964. The Kier molecular flexibility index (Phi) is 4.74. The molecule has 1 aliphatic heterocycles. The fraction of sp³-hybridized carbons (Fsp3) is 0.462. The molecule has 1 N–H and O–H groups in total. The van der Waals surface area contributed by atoms with Crippen LogP contribution < -0.4 is 5.32 Å². The van der Waals surface area contributed by atoms with Crippen molar-refractivity contribution in [1.29, 1.82) is 0 Å². The Morgan fingerprint density at radius 2 is 2.28 bits per heavy atom. The van der Waals surface area contributed by atoms with Crippen LogP contribution in [0.5, 0.6) is 0 Å². The lowest BCUT2D eigenvalue weighted by Crippen LogP contribution is -2.37. The van der Waals surface area contributed by atoms with Gasteiger partial charge < -0.3 is 14.8 Å². The third-order valence-corrected chi connectivity index (χ3v) is 3.86. The standard InChI is InChI=1S/C13H16BrNO3/c1-15-12-8-17-7-10(12)13(16)18-6-9-4-2-3-5-11(9)14/h2-5,10,12,15H,6-8H2,1H3. The first kappa shape index (κ1) is 13.5. The number of halogens is 1. The highest BCUT2D eigenvalue weighted by atomic mass is 79.9. The Morgan fingerprint density at radius 1 is 1.50 bits per heavy atom. The first-order valence-corrected chi connectivity index (χ1v) is 6.66. The molecule has 2 atom stereocenters. The maximum Gasteiger partial charge on any atom is 0.313 e. The van der Waals surface area contributed by atoms with Gasteiger partial charge in [-0.2, -0.15) is 0 Å². The topological polar surface area (TPSA) is 47.6 Å². The molecule has 0 bridgehead atoms. The molecule has 1 fully saturated rings. The predicted octanol–water partition coefficient (Wildman–Crippen LogP) is 1.73. The van der Waals surface area contributed by atoms with Crippen LogP contribution in [0.25, 0.3) is 0 Å². The molecular formula is C13H16BrNO3. The zero-order valence-corrected chi connectivity index (χ0v) is 11.8. The Morgan fingerprint density at radius 3 is 3.00 bits per heavy atom. The third kappa shape index (κ3) is 3.10. The van der Waals surface area contributed by atoms with E-state index in [1.165, 1.54) is 0 Å². The van der Waals surface area contributed by atoms with E-state index >= 15 is 0 Å². The lowest BCUT2D eigenvalue weighted by Gasteiger charge is -2.15. The molecule has 4 nitrogen and oxygen atoms in total. The van der Waals surface area contributed by atoms with Crippen molar-refractivity contribution >= 4 is 21.9 Å². The van der Waals surface area contributed by atoms with Crippen molar-refractivity contribution in [3.05, 3.63) is 34.3 Å². The number of nitrogens with one attached hydrogen (secondary N) is 1. The number of esters is 1. The molecule has 0 amide bonds. The van der Waals surface area contributed by atoms with Crippen LogP contribution in [0.4, 0.5) is 0 Å². The Labute approximate surface area is 115 Å². The van der Waals surface area contributed by atoms with Gasteiger partial charge in [0.2, 0.25) is 0 Å². The van der Waals surface area contributed by atoms with E-state index < -0.39 is 0 Å². The Bertz CT molecular complexity index is 424. The van der Waals surface area contributed by atoms with Crippen molar-refractivity contribution < 1.29 is 14.3 Å².